The summed E-state index contributed by atoms with van der Waals surface area (Å²) in [5.41, 5.74) is 1.13. The van der Waals surface area contributed by atoms with Gasteiger partial charge in [-0.25, -0.2) is 0 Å². The van der Waals surface area contributed by atoms with Crippen LogP contribution in [0.5, 0.6) is 11.5 Å². The summed E-state index contributed by atoms with van der Waals surface area (Å²) < 4.78 is 5.34. The molecule has 0 aromatic heterocycles. The minimum absolute atomic E-state index is 0.206. The molecule has 0 saturated heterocycles. The van der Waals surface area contributed by atoms with Crippen molar-refractivity contribution in [3.8, 4) is 11.5 Å². The van der Waals surface area contributed by atoms with E-state index in [-0.39, 0.29) is 5.75 Å². The summed E-state index contributed by atoms with van der Waals surface area (Å²) in [7, 11) is 0. The first-order valence-electron chi connectivity index (χ1n) is 5.92. The first-order chi connectivity index (χ1) is 8.27. The minimum Gasteiger partial charge on any atom is -0.504 e. The van der Waals surface area contributed by atoms with Gasteiger partial charge in [-0.2, -0.15) is 11.8 Å². The van der Waals surface area contributed by atoms with Crippen LogP contribution in [0.25, 0.3) is 0 Å². The molecule has 96 valence electrons. The average Bonchev–Trinajstić information content (AvgIpc) is 2.33. The Morgan fingerprint density at radius 1 is 1.41 bits per heavy atom. The fraction of sp³-hybridized carbons (Fsp3) is 0.538. The van der Waals surface area contributed by atoms with E-state index in [2.05, 4.69) is 11.6 Å². The van der Waals surface area contributed by atoms with E-state index < -0.39 is 0 Å². The molecule has 0 spiro atoms. The van der Waals surface area contributed by atoms with Gasteiger partial charge in [-0.1, -0.05) is 6.07 Å². The molecular weight excluding hydrogens is 234 g/mol. The third kappa shape index (κ3) is 5.33. The molecule has 0 bridgehead atoms. The van der Waals surface area contributed by atoms with Gasteiger partial charge in [-0.3, -0.25) is 0 Å². The molecule has 1 rings (SSSR count). The Kier molecular flexibility index (Phi) is 6.89. The van der Waals surface area contributed by atoms with Gasteiger partial charge in [-0.15, -0.1) is 0 Å². The van der Waals surface area contributed by atoms with E-state index >= 15 is 0 Å². The highest BCUT2D eigenvalue weighted by Gasteiger charge is 2.02. The van der Waals surface area contributed by atoms with E-state index in [4.69, 9.17) is 4.74 Å². The van der Waals surface area contributed by atoms with Crippen LogP contribution in [-0.2, 0) is 6.54 Å². The first kappa shape index (κ1) is 14.2. The lowest BCUT2D eigenvalue weighted by Gasteiger charge is -2.09. The number of benzene rings is 1. The molecule has 1 aromatic carbocycles. The summed E-state index contributed by atoms with van der Waals surface area (Å²) in [5, 5.41) is 12.9. The van der Waals surface area contributed by atoms with Crippen molar-refractivity contribution in [1.29, 1.82) is 0 Å². The number of hydrogen-bond acceptors (Lipinski definition) is 4. The van der Waals surface area contributed by atoms with Gasteiger partial charge in [0.1, 0.15) is 0 Å². The Bertz CT molecular complexity index is 331. The van der Waals surface area contributed by atoms with E-state index in [9.17, 15) is 5.11 Å². The SMILES string of the molecule is CCOc1cc(CNCCCSC)ccc1O. The highest BCUT2D eigenvalue weighted by Crippen LogP contribution is 2.26. The molecule has 0 amide bonds. The molecule has 2 N–H and O–H groups in total. The minimum atomic E-state index is 0.206. The summed E-state index contributed by atoms with van der Waals surface area (Å²) in [6, 6.07) is 5.49. The number of phenolic OH excluding ortho intramolecular Hbond substituents is 1. The zero-order valence-electron chi connectivity index (χ0n) is 10.5. The van der Waals surface area contributed by atoms with Crippen LogP contribution in [0.15, 0.2) is 18.2 Å². The molecule has 17 heavy (non-hydrogen) atoms. The van der Waals surface area contributed by atoms with Crippen LogP contribution in [0.3, 0.4) is 0 Å². The molecular formula is C13H21NO2S. The summed E-state index contributed by atoms with van der Waals surface area (Å²) >= 11 is 1.87. The van der Waals surface area contributed by atoms with Crippen molar-refractivity contribution >= 4 is 11.8 Å². The number of ether oxygens (including phenoxy) is 1. The van der Waals surface area contributed by atoms with Gasteiger partial charge in [-0.05, 0) is 49.6 Å². The second kappa shape index (κ2) is 8.25. The van der Waals surface area contributed by atoms with Crippen molar-refractivity contribution in [3.05, 3.63) is 23.8 Å². The number of thioether (sulfide) groups is 1. The fourth-order valence-corrected chi connectivity index (χ4v) is 1.95. The highest BCUT2D eigenvalue weighted by molar-refractivity contribution is 7.98. The van der Waals surface area contributed by atoms with Gasteiger partial charge < -0.3 is 15.2 Å². The first-order valence-corrected chi connectivity index (χ1v) is 7.31. The summed E-state index contributed by atoms with van der Waals surface area (Å²) in [4.78, 5) is 0. The molecule has 3 nitrogen and oxygen atoms in total. The lowest BCUT2D eigenvalue weighted by molar-refractivity contribution is 0.317. The van der Waals surface area contributed by atoms with E-state index in [1.165, 1.54) is 12.2 Å². The Morgan fingerprint density at radius 2 is 2.24 bits per heavy atom. The van der Waals surface area contributed by atoms with Crippen LogP contribution in [-0.4, -0.2) is 30.3 Å². The standard InChI is InChI=1S/C13H21NO2S/c1-3-16-13-9-11(5-6-12(13)15)10-14-7-4-8-17-2/h5-6,9,14-15H,3-4,7-8,10H2,1-2H3. The van der Waals surface area contributed by atoms with Crippen molar-refractivity contribution in [2.75, 3.05) is 25.2 Å². The van der Waals surface area contributed by atoms with Crippen LogP contribution in [0, 0.1) is 0 Å². The number of hydrogen-bond donors (Lipinski definition) is 2. The zero-order chi connectivity index (χ0) is 12.5. The normalized spacial score (nSPS) is 10.5. The van der Waals surface area contributed by atoms with Crippen LogP contribution in [0.1, 0.15) is 18.9 Å². The van der Waals surface area contributed by atoms with Crippen molar-refractivity contribution in [1.82, 2.24) is 5.32 Å². The fourth-order valence-electron chi connectivity index (χ4n) is 1.51. The third-order valence-corrected chi connectivity index (χ3v) is 3.05. The van der Waals surface area contributed by atoms with Gasteiger partial charge in [0, 0.05) is 6.54 Å². The Hall–Kier alpha value is -0.870. The van der Waals surface area contributed by atoms with Crippen molar-refractivity contribution < 1.29 is 9.84 Å². The maximum Gasteiger partial charge on any atom is 0.161 e. The number of nitrogens with one attached hydrogen (secondary N) is 1. The molecule has 0 aliphatic heterocycles. The molecule has 0 fully saturated rings. The van der Waals surface area contributed by atoms with E-state index in [1.54, 1.807) is 6.07 Å². The van der Waals surface area contributed by atoms with Gasteiger partial charge >= 0.3 is 0 Å². The lowest BCUT2D eigenvalue weighted by atomic mass is 10.2. The predicted octanol–water partition coefficient (Wildman–Crippen LogP) is 2.63. The number of rotatable bonds is 8. The third-order valence-electron chi connectivity index (χ3n) is 2.36. The summed E-state index contributed by atoms with van der Waals surface area (Å²) in [5.74, 6) is 1.96. The molecule has 0 radical (unpaired) electrons. The quantitative estimate of drug-likeness (QED) is 0.701. The Morgan fingerprint density at radius 3 is 2.94 bits per heavy atom. The Balaban J connectivity index is 2.40. The highest BCUT2D eigenvalue weighted by atomic mass is 32.2. The van der Waals surface area contributed by atoms with Crippen molar-refractivity contribution in [2.45, 2.75) is 19.9 Å². The molecule has 1 aromatic rings. The van der Waals surface area contributed by atoms with Crippen LogP contribution >= 0.6 is 11.8 Å². The molecule has 0 unspecified atom stereocenters. The molecule has 0 heterocycles. The van der Waals surface area contributed by atoms with Crippen LogP contribution < -0.4 is 10.1 Å². The zero-order valence-corrected chi connectivity index (χ0v) is 11.3. The van der Waals surface area contributed by atoms with Crippen molar-refractivity contribution in [3.63, 3.8) is 0 Å². The van der Waals surface area contributed by atoms with Gasteiger partial charge in [0.2, 0.25) is 0 Å². The van der Waals surface area contributed by atoms with E-state index in [1.807, 2.05) is 30.8 Å². The topological polar surface area (TPSA) is 41.5 Å². The smallest absolute Gasteiger partial charge is 0.161 e. The van der Waals surface area contributed by atoms with Gasteiger partial charge in [0.25, 0.3) is 0 Å². The van der Waals surface area contributed by atoms with E-state index in [0.29, 0.717) is 12.4 Å². The molecule has 0 saturated carbocycles. The molecule has 4 heteroatoms. The predicted molar refractivity (Wildman–Crippen MR) is 74.0 cm³/mol. The van der Waals surface area contributed by atoms with E-state index in [0.717, 1.165) is 18.7 Å². The monoisotopic (exact) mass is 255 g/mol. The number of phenols is 1. The summed E-state index contributed by atoms with van der Waals surface area (Å²) in [6.45, 7) is 4.31. The number of aromatic hydroxyl groups is 1. The van der Waals surface area contributed by atoms with Crippen LogP contribution in [0.4, 0.5) is 0 Å². The average molecular weight is 255 g/mol. The second-order valence-corrected chi connectivity index (χ2v) is 4.74. The Labute approximate surface area is 108 Å². The van der Waals surface area contributed by atoms with Crippen molar-refractivity contribution in [2.24, 2.45) is 0 Å². The van der Waals surface area contributed by atoms with Gasteiger partial charge in [0.15, 0.2) is 11.5 Å². The molecule has 0 aliphatic carbocycles. The maximum absolute atomic E-state index is 9.56. The molecule has 0 aliphatic rings. The molecule has 0 atom stereocenters. The largest absolute Gasteiger partial charge is 0.504 e. The lowest BCUT2D eigenvalue weighted by Crippen LogP contribution is -2.15. The second-order valence-electron chi connectivity index (χ2n) is 3.76. The van der Waals surface area contributed by atoms with Gasteiger partial charge in [0.05, 0.1) is 6.61 Å². The summed E-state index contributed by atoms with van der Waals surface area (Å²) in [6.07, 6.45) is 3.30. The van der Waals surface area contributed by atoms with Crippen LogP contribution in [0.2, 0.25) is 0 Å². The maximum atomic E-state index is 9.56.